The Morgan fingerprint density at radius 1 is 1.04 bits per heavy atom. The number of hydrogen-bond acceptors (Lipinski definition) is 5. The van der Waals surface area contributed by atoms with Gasteiger partial charge in [-0.2, -0.15) is 11.8 Å². The second-order valence-corrected chi connectivity index (χ2v) is 8.20. The van der Waals surface area contributed by atoms with Crippen LogP contribution in [0.3, 0.4) is 0 Å². The molecule has 0 unspecified atom stereocenters. The summed E-state index contributed by atoms with van der Waals surface area (Å²) in [5.41, 5.74) is 1.78. The van der Waals surface area contributed by atoms with E-state index in [4.69, 9.17) is 4.74 Å². The molecule has 0 fully saturated rings. The maximum atomic E-state index is 10.8. The highest BCUT2D eigenvalue weighted by Gasteiger charge is 2.18. The quantitative estimate of drug-likeness (QED) is 0.352. The molecule has 5 heteroatoms. The molecule has 27 heavy (non-hydrogen) atoms. The number of thioether (sulfide) groups is 1. The molecule has 146 valence electrons. The number of methoxy groups -OCH3 is 1. The smallest absolute Gasteiger partial charge is 0.337 e. The van der Waals surface area contributed by atoms with Crippen LogP contribution < -0.4 is 0 Å². The van der Waals surface area contributed by atoms with E-state index in [2.05, 4.69) is 30.7 Å². The van der Waals surface area contributed by atoms with Gasteiger partial charge in [-0.05, 0) is 31.5 Å². The van der Waals surface area contributed by atoms with Gasteiger partial charge in [0.25, 0.3) is 0 Å². The summed E-state index contributed by atoms with van der Waals surface area (Å²) in [6.07, 6.45) is 1.58. The van der Waals surface area contributed by atoms with Crippen LogP contribution in [0.1, 0.15) is 36.2 Å². The van der Waals surface area contributed by atoms with E-state index in [9.17, 15) is 9.59 Å². The highest BCUT2D eigenvalue weighted by Crippen LogP contribution is 2.25. The Bertz CT molecular complexity index is 657. The highest BCUT2D eigenvalue weighted by molar-refractivity contribution is 8.00. The van der Waals surface area contributed by atoms with Gasteiger partial charge in [0.05, 0.1) is 25.9 Å². The number of ether oxygens (including phenoxy) is 2. The fourth-order valence-corrected chi connectivity index (χ4v) is 3.04. The molecule has 0 aliphatic rings. The third kappa shape index (κ3) is 10.6. The normalized spacial score (nSPS) is 10.5. The number of carbonyl (C=O) groups is 2. The van der Waals surface area contributed by atoms with E-state index < -0.39 is 0 Å². The van der Waals surface area contributed by atoms with E-state index in [0.717, 1.165) is 12.0 Å². The minimum absolute atomic E-state index is 0.0673. The van der Waals surface area contributed by atoms with E-state index >= 15 is 0 Å². The molecule has 4 nitrogen and oxygen atoms in total. The van der Waals surface area contributed by atoms with Crippen LogP contribution in [0.15, 0.2) is 60.7 Å². The summed E-state index contributed by atoms with van der Waals surface area (Å²) in [7, 11) is 1.37. The van der Waals surface area contributed by atoms with Crippen LogP contribution in [-0.4, -0.2) is 36.5 Å². The molecule has 0 atom stereocenters. The van der Waals surface area contributed by atoms with Crippen molar-refractivity contribution in [1.82, 2.24) is 0 Å². The molecular formula is C22H28O4S. The summed E-state index contributed by atoms with van der Waals surface area (Å²) >= 11 is 1.78. The Balaban J connectivity index is 0.000000309. The Morgan fingerprint density at radius 2 is 1.63 bits per heavy atom. The van der Waals surface area contributed by atoms with E-state index in [1.54, 1.807) is 36.0 Å². The maximum absolute atomic E-state index is 10.8. The molecule has 0 heterocycles. The van der Waals surface area contributed by atoms with Crippen LogP contribution in [0.4, 0.5) is 0 Å². The van der Waals surface area contributed by atoms with E-state index in [0.29, 0.717) is 25.2 Å². The van der Waals surface area contributed by atoms with Gasteiger partial charge in [-0.25, -0.2) is 4.79 Å². The van der Waals surface area contributed by atoms with Crippen LogP contribution in [0.2, 0.25) is 0 Å². The molecule has 2 aromatic carbocycles. The average molecular weight is 389 g/mol. The lowest BCUT2D eigenvalue weighted by atomic mass is 10.2. The zero-order chi connectivity index (χ0) is 20.0. The molecule has 0 spiro atoms. The number of aldehydes is 1. The molecule has 0 aromatic heterocycles. The fraction of sp³-hybridized carbons (Fsp3) is 0.364. The molecule has 0 aliphatic heterocycles. The predicted molar refractivity (Wildman–Crippen MR) is 111 cm³/mol. The molecule has 0 saturated carbocycles. The highest BCUT2D eigenvalue weighted by atomic mass is 32.2. The van der Waals surface area contributed by atoms with Gasteiger partial charge in [-0.15, -0.1) is 0 Å². The lowest BCUT2D eigenvalue weighted by Gasteiger charge is -2.23. The van der Waals surface area contributed by atoms with E-state index in [1.165, 1.54) is 12.7 Å². The van der Waals surface area contributed by atoms with Crippen LogP contribution in [0, 0.1) is 0 Å². The monoisotopic (exact) mass is 388 g/mol. The minimum Gasteiger partial charge on any atom is -0.465 e. The second-order valence-electron chi connectivity index (χ2n) is 6.40. The van der Waals surface area contributed by atoms with E-state index in [1.807, 2.05) is 24.3 Å². The minimum atomic E-state index is -0.291. The molecular weight excluding hydrogens is 360 g/mol. The van der Waals surface area contributed by atoms with Crippen molar-refractivity contribution >= 4 is 24.0 Å². The molecule has 0 aliphatic carbocycles. The predicted octanol–water partition coefficient (Wildman–Crippen LogP) is 4.78. The van der Waals surface area contributed by atoms with Crippen LogP contribution in [-0.2, 0) is 20.9 Å². The van der Waals surface area contributed by atoms with Gasteiger partial charge < -0.3 is 14.3 Å². The van der Waals surface area contributed by atoms with Crippen molar-refractivity contribution < 1.29 is 19.1 Å². The number of carbonyl (C=O) groups excluding carboxylic acids is 2. The van der Waals surface area contributed by atoms with Crippen molar-refractivity contribution in [3.63, 3.8) is 0 Å². The lowest BCUT2D eigenvalue weighted by Crippen LogP contribution is -2.23. The Hall–Kier alpha value is -2.11. The first-order chi connectivity index (χ1) is 13.0. The second kappa shape index (κ2) is 13.1. The first kappa shape index (κ1) is 22.9. The zero-order valence-corrected chi connectivity index (χ0v) is 17.0. The summed E-state index contributed by atoms with van der Waals surface area (Å²) in [6.45, 7) is 5.64. The molecule has 2 aromatic rings. The van der Waals surface area contributed by atoms with Gasteiger partial charge in [-0.1, -0.05) is 48.5 Å². The molecule has 0 radical (unpaired) electrons. The number of esters is 1. The third-order valence-corrected chi connectivity index (χ3v) is 4.82. The summed E-state index contributed by atoms with van der Waals surface area (Å²) in [6, 6.07) is 19.0. The number of benzene rings is 2. The third-order valence-electron chi connectivity index (χ3n) is 3.48. The van der Waals surface area contributed by atoms with Gasteiger partial charge in [0, 0.05) is 16.9 Å². The van der Waals surface area contributed by atoms with Crippen LogP contribution in [0.25, 0.3) is 0 Å². The lowest BCUT2D eigenvalue weighted by molar-refractivity contribution is -0.107. The maximum Gasteiger partial charge on any atom is 0.337 e. The van der Waals surface area contributed by atoms with Crippen molar-refractivity contribution in [2.24, 2.45) is 0 Å². The van der Waals surface area contributed by atoms with Crippen LogP contribution in [0.5, 0.6) is 0 Å². The van der Waals surface area contributed by atoms with Crippen molar-refractivity contribution in [3.05, 3.63) is 71.8 Å². The molecule has 0 saturated heterocycles. The van der Waals surface area contributed by atoms with Gasteiger partial charge >= 0.3 is 5.97 Å². The Kier molecular flexibility index (Phi) is 11.1. The van der Waals surface area contributed by atoms with Crippen molar-refractivity contribution in [2.75, 3.05) is 19.5 Å². The SMILES string of the molecule is CC(C)(COCc1ccccc1)SCCC=O.COC(=O)c1ccccc1. The molecule has 0 N–H and O–H groups in total. The van der Waals surface area contributed by atoms with Gasteiger partial charge in [-0.3, -0.25) is 0 Å². The summed E-state index contributed by atoms with van der Waals surface area (Å²) in [5.74, 6) is 0.575. The summed E-state index contributed by atoms with van der Waals surface area (Å²) < 4.78 is 10.3. The Labute approximate surface area is 166 Å². The van der Waals surface area contributed by atoms with Gasteiger partial charge in [0.2, 0.25) is 0 Å². The van der Waals surface area contributed by atoms with Crippen molar-refractivity contribution in [1.29, 1.82) is 0 Å². The zero-order valence-electron chi connectivity index (χ0n) is 16.2. The first-order valence-electron chi connectivity index (χ1n) is 8.81. The summed E-state index contributed by atoms with van der Waals surface area (Å²) in [4.78, 5) is 21.0. The molecule has 2 rings (SSSR count). The fourth-order valence-electron chi connectivity index (χ4n) is 2.11. The topological polar surface area (TPSA) is 52.6 Å². The standard InChI is InChI=1S/C14H20O2S.C8H8O2/c1-14(2,17-10-6-9-15)12-16-11-13-7-4-3-5-8-13;1-10-8(9)7-5-3-2-4-6-7/h3-5,7-9H,6,10-12H2,1-2H3;2-6H,1H3. The largest absolute Gasteiger partial charge is 0.465 e. The average Bonchev–Trinajstić information content (AvgIpc) is 2.69. The number of rotatable bonds is 9. The van der Waals surface area contributed by atoms with E-state index in [-0.39, 0.29) is 10.7 Å². The van der Waals surface area contributed by atoms with Gasteiger partial charge in [0.15, 0.2) is 0 Å². The molecule has 0 amide bonds. The van der Waals surface area contributed by atoms with Crippen molar-refractivity contribution in [2.45, 2.75) is 31.6 Å². The van der Waals surface area contributed by atoms with Crippen molar-refractivity contribution in [3.8, 4) is 0 Å². The van der Waals surface area contributed by atoms with Gasteiger partial charge in [0.1, 0.15) is 6.29 Å². The molecule has 0 bridgehead atoms. The van der Waals surface area contributed by atoms with Crippen LogP contribution >= 0.6 is 11.8 Å². The number of hydrogen-bond donors (Lipinski definition) is 0. The first-order valence-corrected chi connectivity index (χ1v) is 9.79. The summed E-state index contributed by atoms with van der Waals surface area (Å²) in [5, 5.41) is 0. The Morgan fingerprint density at radius 3 is 2.19 bits per heavy atom.